The number of amides is 1. The number of rotatable bonds is 10. The Kier molecular flexibility index (Phi) is 8.45. The summed E-state index contributed by atoms with van der Waals surface area (Å²) >= 11 is 0. The molecule has 10 heteroatoms. The van der Waals surface area contributed by atoms with Crippen LogP contribution in [0, 0.1) is 13.8 Å². The van der Waals surface area contributed by atoms with E-state index in [0.717, 1.165) is 16.8 Å². The Labute approximate surface area is 204 Å². The maximum Gasteiger partial charge on any atom is 0.255 e. The van der Waals surface area contributed by atoms with Gasteiger partial charge in [-0.2, -0.15) is 5.10 Å². The van der Waals surface area contributed by atoms with E-state index in [1.807, 2.05) is 20.9 Å². The van der Waals surface area contributed by atoms with Gasteiger partial charge in [-0.3, -0.25) is 14.5 Å². The molecular weight excluding hydrogens is 449 g/mol. The number of aryl methyl sites for hydroxylation is 2. The van der Waals surface area contributed by atoms with E-state index < -0.39 is 6.67 Å². The molecule has 2 aromatic carbocycles. The van der Waals surface area contributed by atoms with Crippen LogP contribution in [0.25, 0.3) is 5.70 Å². The Morgan fingerprint density at radius 1 is 1.23 bits per heavy atom. The number of hydrogen-bond donors (Lipinski definition) is 4. The van der Waals surface area contributed by atoms with Crippen molar-refractivity contribution in [3.05, 3.63) is 76.7 Å². The third kappa shape index (κ3) is 6.17. The molecule has 0 aliphatic carbocycles. The van der Waals surface area contributed by atoms with Gasteiger partial charge in [0.1, 0.15) is 6.67 Å². The molecule has 0 atom stereocenters. The fourth-order valence-corrected chi connectivity index (χ4v) is 3.51. The quantitative estimate of drug-likeness (QED) is 0.199. The predicted molar refractivity (Wildman–Crippen MR) is 138 cm³/mol. The zero-order chi connectivity index (χ0) is 25.5. The highest BCUT2D eigenvalue weighted by atomic mass is 19.1. The van der Waals surface area contributed by atoms with Crippen molar-refractivity contribution < 1.29 is 13.9 Å². The largest absolute Gasteiger partial charge is 0.397 e. The monoisotopic (exact) mass is 481 g/mol. The Morgan fingerprint density at radius 2 is 2.00 bits per heavy atom. The van der Waals surface area contributed by atoms with Gasteiger partial charge in [-0.15, -0.1) is 0 Å². The Hall–Kier alpha value is -3.89. The number of nitrogens with one attached hydrogen (secondary N) is 2. The van der Waals surface area contributed by atoms with Gasteiger partial charge in [0.05, 0.1) is 35.6 Å². The summed E-state index contributed by atoms with van der Waals surface area (Å²) < 4.78 is 20.0. The molecule has 0 aliphatic rings. The van der Waals surface area contributed by atoms with E-state index in [9.17, 15) is 9.18 Å². The van der Waals surface area contributed by atoms with Crippen molar-refractivity contribution in [2.75, 3.05) is 35.9 Å². The minimum atomic E-state index is -0.637. The fourth-order valence-electron chi connectivity index (χ4n) is 3.51. The third-order valence-electron chi connectivity index (χ3n) is 5.68. The van der Waals surface area contributed by atoms with E-state index in [2.05, 4.69) is 15.7 Å². The number of halogens is 1. The van der Waals surface area contributed by atoms with Crippen molar-refractivity contribution in [3.63, 3.8) is 0 Å². The van der Waals surface area contributed by atoms with E-state index in [1.54, 1.807) is 60.6 Å². The molecule has 3 rings (SSSR count). The van der Waals surface area contributed by atoms with E-state index in [1.165, 1.54) is 5.01 Å². The summed E-state index contributed by atoms with van der Waals surface area (Å²) in [7, 11) is 3.44. The number of carbonyl (C=O) groups is 1. The first-order valence-corrected chi connectivity index (χ1v) is 11.1. The lowest BCUT2D eigenvalue weighted by Crippen LogP contribution is -2.27. The number of hydrogen-bond acceptors (Lipinski definition) is 7. The number of nitrogens with zero attached hydrogens (tertiary/aromatic N) is 3. The van der Waals surface area contributed by atoms with Crippen LogP contribution in [0.2, 0.25) is 0 Å². The maximum atomic E-state index is 13.2. The second-order valence-electron chi connectivity index (χ2n) is 8.15. The standard InChI is InChI=1S/C25H32FN7O2/c1-16-5-7-19(12-24(16)33(28)15-21(27)20-14-30-32(3)17(20)2)25(34)31-23-11-18(13-26)6-8-22(23)29-9-10-35-4/h5-8,11-12,14-15,29H,9-10,13,27-28H2,1-4H3,(H,31,34)/b21-15-. The van der Waals surface area contributed by atoms with Crippen LogP contribution in [0.1, 0.15) is 32.7 Å². The average Bonchev–Trinajstić information content (AvgIpc) is 3.18. The lowest BCUT2D eigenvalue weighted by molar-refractivity contribution is 0.102. The molecule has 0 radical (unpaired) electrons. The van der Waals surface area contributed by atoms with Gasteiger partial charge in [-0.25, -0.2) is 10.2 Å². The molecule has 35 heavy (non-hydrogen) atoms. The number of aromatic nitrogens is 2. The highest BCUT2D eigenvalue weighted by Crippen LogP contribution is 2.26. The molecule has 1 aromatic heterocycles. The van der Waals surface area contributed by atoms with Gasteiger partial charge in [-0.05, 0) is 49.2 Å². The molecule has 3 aromatic rings. The number of alkyl halides is 1. The molecule has 1 amide bonds. The van der Waals surface area contributed by atoms with Crippen LogP contribution >= 0.6 is 0 Å². The Morgan fingerprint density at radius 3 is 2.66 bits per heavy atom. The van der Waals surface area contributed by atoms with Crippen molar-refractivity contribution in [2.45, 2.75) is 20.5 Å². The number of ether oxygens (including phenoxy) is 1. The summed E-state index contributed by atoms with van der Waals surface area (Å²) in [6, 6.07) is 10.2. The predicted octanol–water partition coefficient (Wildman–Crippen LogP) is 3.45. The molecule has 0 unspecified atom stereocenters. The highest BCUT2D eigenvalue weighted by molar-refractivity contribution is 6.06. The summed E-state index contributed by atoms with van der Waals surface area (Å²) in [5.41, 5.74) is 11.8. The number of methoxy groups -OCH3 is 1. The molecule has 0 bridgehead atoms. The van der Waals surface area contributed by atoms with Crippen LogP contribution in [0.4, 0.5) is 21.5 Å². The van der Waals surface area contributed by atoms with Gasteiger partial charge >= 0.3 is 0 Å². The highest BCUT2D eigenvalue weighted by Gasteiger charge is 2.14. The first kappa shape index (κ1) is 25.7. The zero-order valence-electron chi connectivity index (χ0n) is 20.4. The van der Waals surface area contributed by atoms with Crippen LogP contribution in [0.3, 0.4) is 0 Å². The second-order valence-corrected chi connectivity index (χ2v) is 8.15. The van der Waals surface area contributed by atoms with Crippen molar-refractivity contribution in [1.29, 1.82) is 0 Å². The lowest BCUT2D eigenvalue weighted by Gasteiger charge is -2.19. The molecule has 186 valence electrons. The van der Waals surface area contributed by atoms with E-state index >= 15 is 0 Å². The van der Waals surface area contributed by atoms with E-state index in [0.29, 0.717) is 47.0 Å². The molecule has 0 aliphatic heterocycles. The minimum Gasteiger partial charge on any atom is -0.397 e. The van der Waals surface area contributed by atoms with Crippen molar-refractivity contribution >= 4 is 28.7 Å². The summed E-state index contributed by atoms with van der Waals surface area (Å²) in [6.07, 6.45) is 3.27. The van der Waals surface area contributed by atoms with E-state index in [4.69, 9.17) is 16.3 Å². The summed E-state index contributed by atoms with van der Waals surface area (Å²) in [5.74, 6) is 5.94. The number of hydrazine groups is 1. The topological polar surface area (TPSA) is 123 Å². The number of carbonyl (C=O) groups excluding carboxylic acids is 1. The first-order valence-electron chi connectivity index (χ1n) is 11.1. The normalized spacial score (nSPS) is 11.4. The Balaban J connectivity index is 1.85. The SMILES string of the molecule is COCCNc1ccc(CF)cc1NC(=O)c1ccc(C)c(N(N)/C=C(\N)c2cnn(C)c2C)c1. The van der Waals surface area contributed by atoms with Crippen LogP contribution in [-0.4, -0.2) is 35.9 Å². The van der Waals surface area contributed by atoms with Crippen LogP contribution in [-0.2, 0) is 18.5 Å². The molecule has 0 spiro atoms. The molecular formula is C25H32FN7O2. The van der Waals surface area contributed by atoms with Crippen LogP contribution in [0.5, 0.6) is 0 Å². The molecule has 9 nitrogen and oxygen atoms in total. The van der Waals surface area contributed by atoms with E-state index in [-0.39, 0.29) is 5.91 Å². The molecule has 1 heterocycles. The van der Waals surface area contributed by atoms with Gasteiger partial charge in [0, 0.05) is 43.7 Å². The van der Waals surface area contributed by atoms with Crippen molar-refractivity contribution in [2.24, 2.45) is 18.6 Å². The first-order chi connectivity index (χ1) is 16.7. The van der Waals surface area contributed by atoms with Crippen LogP contribution < -0.4 is 27.2 Å². The van der Waals surface area contributed by atoms with Crippen molar-refractivity contribution in [1.82, 2.24) is 9.78 Å². The molecule has 0 saturated carbocycles. The van der Waals surface area contributed by atoms with Gasteiger partial charge in [0.15, 0.2) is 0 Å². The lowest BCUT2D eigenvalue weighted by atomic mass is 10.1. The van der Waals surface area contributed by atoms with Gasteiger partial charge in [0.25, 0.3) is 5.91 Å². The Bertz CT molecular complexity index is 1220. The van der Waals surface area contributed by atoms with Gasteiger partial charge < -0.3 is 21.1 Å². The maximum absolute atomic E-state index is 13.2. The molecule has 6 N–H and O–H groups in total. The smallest absolute Gasteiger partial charge is 0.255 e. The van der Waals surface area contributed by atoms with Crippen molar-refractivity contribution in [3.8, 4) is 0 Å². The summed E-state index contributed by atoms with van der Waals surface area (Å²) in [4.78, 5) is 13.1. The fraction of sp³-hybridized carbons (Fsp3) is 0.280. The number of nitrogens with two attached hydrogens (primary N) is 2. The number of benzene rings is 2. The average molecular weight is 482 g/mol. The molecule has 0 saturated heterocycles. The minimum absolute atomic E-state index is 0.356. The zero-order valence-corrected chi connectivity index (χ0v) is 20.4. The number of anilines is 3. The van der Waals surface area contributed by atoms with Gasteiger partial charge in [0.2, 0.25) is 0 Å². The molecule has 0 fully saturated rings. The van der Waals surface area contributed by atoms with Gasteiger partial charge in [-0.1, -0.05) is 12.1 Å². The third-order valence-corrected chi connectivity index (χ3v) is 5.68. The summed E-state index contributed by atoms with van der Waals surface area (Å²) in [6.45, 7) is 4.19. The second kappa shape index (κ2) is 11.5. The summed E-state index contributed by atoms with van der Waals surface area (Å²) in [5, 5.41) is 11.6. The van der Waals surface area contributed by atoms with Crippen LogP contribution in [0.15, 0.2) is 48.8 Å².